The highest BCUT2D eigenvalue weighted by Crippen LogP contribution is 2.23. The Morgan fingerprint density at radius 1 is 1.60 bits per heavy atom. The third-order valence-corrected chi connectivity index (χ3v) is 3.90. The Labute approximate surface area is 124 Å². The Balaban J connectivity index is 1.94. The van der Waals surface area contributed by atoms with E-state index in [-0.39, 0.29) is 11.7 Å². The fourth-order valence-corrected chi connectivity index (χ4v) is 2.88. The number of rotatable bonds is 4. The highest BCUT2D eigenvalue weighted by atomic mass is 32.2. The minimum Gasteiger partial charge on any atom is -0.384 e. The standard InChI is InChI=1S/C12H11N5OS2/c1-7-4-9(14)16-12(15-7)20-6-10(18)17-11-8(5-13)2-3-19-11/h2-4H,6H2,1H3,(H,17,18)(H2,14,15,16). The SMILES string of the molecule is Cc1cc(N)nc(SCC(=O)Nc2sccc2C#N)n1. The Bertz CT molecular complexity index is 656. The van der Waals surface area contributed by atoms with Crippen LogP contribution >= 0.6 is 23.1 Å². The normalized spacial score (nSPS) is 10.0. The summed E-state index contributed by atoms with van der Waals surface area (Å²) in [5.41, 5.74) is 6.83. The summed E-state index contributed by atoms with van der Waals surface area (Å²) >= 11 is 2.51. The minimum atomic E-state index is -0.211. The Kier molecular flexibility index (Phi) is 4.55. The highest BCUT2D eigenvalue weighted by Gasteiger charge is 2.10. The number of carbonyl (C=O) groups is 1. The smallest absolute Gasteiger partial charge is 0.235 e. The molecule has 0 unspecified atom stereocenters. The quantitative estimate of drug-likeness (QED) is 0.661. The molecule has 2 aromatic heterocycles. The van der Waals surface area contributed by atoms with Crippen LogP contribution in [-0.2, 0) is 4.79 Å². The summed E-state index contributed by atoms with van der Waals surface area (Å²) in [6.07, 6.45) is 0. The van der Waals surface area contributed by atoms with Gasteiger partial charge in [-0.3, -0.25) is 4.79 Å². The van der Waals surface area contributed by atoms with Crippen molar-refractivity contribution in [3.63, 3.8) is 0 Å². The van der Waals surface area contributed by atoms with Gasteiger partial charge < -0.3 is 11.1 Å². The first kappa shape index (κ1) is 14.3. The first-order valence-electron chi connectivity index (χ1n) is 5.60. The second-order valence-corrected chi connectivity index (χ2v) is 5.69. The van der Waals surface area contributed by atoms with Crippen LogP contribution < -0.4 is 11.1 Å². The first-order valence-corrected chi connectivity index (χ1v) is 7.46. The third kappa shape index (κ3) is 3.69. The lowest BCUT2D eigenvalue weighted by atomic mass is 10.3. The van der Waals surface area contributed by atoms with Crippen molar-refractivity contribution in [3.8, 4) is 6.07 Å². The lowest BCUT2D eigenvalue weighted by Gasteiger charge is -2.04. The topological polar surface area (TPSA) is 105 Å². The predicted molar refractivity (Wildman–Crippen MR) is 79.6 cm³/mol. The molecule has 0 atom stereocenters. The number of anilines is 2. The van der Waals surface area contributed by atoms with E-state index in [1.807, 2.05) is 13.0 Å². The van der Waals surface area contributed by atoms with Crippen molar-refractivity contribution in [3.05, 3.63) is 28.8 Å². The summed E-state index contributed by atoms with van der Waals surface area (Å²) < 4.78 is 0. The molecule has 20 heavy (non-hydrogen) atoms. The van der Waals surface area contributed by atoms with E-state index < -0.39 is 0 Å². The van der Waals surface area contributed by atoms with Crippen molar-refractivity contribution in [1.82, 2.24) is 9.97 Å². The van der Waals surface area contributed by atoms with E-state index in [1.165, 1.54) is 23.1 Å². The number of nitrogens with zero attached hydrogens (tertiary/aromatic N) is 3. The van der Waals surface area contributed by atoms with Gasteiger partial charge in [0.1, 0.15) is 16.9 Å². The van der Waals surface area contributed by atoms with Crippen LogP contribution in [0.5, 0.6) is 0 Å². The zero-order chi connectivity index (χ0) is 14.5. The van der Waals surface area contributed by atoms with E-state index in [0.717, 1.165) is 5.69 Å². The molecule has 102 valence electrons. The lowest BCUT2D eigenvalue weighted by Crippen LogP contribution is -2.14. The summed E-state index contributed by atoms with van der Waals surface area (Å²) in [7, 11) is 0. The molecular formula is C12H11N5OS2. The number of hydrogen-bond acceptors (Lipinski definition) is 7. The molecule has 0 saturated carbocycles. The van der Waals surface area contributed by atoms with E-state index in [4.69, 9.17) is 11.0 Å². The molecule has 0 radical (unpaired) electrons. The average Bonchev–Trinajstić information content (AvgIpc) is 2.82. The molecule has 0 bridgehead atoms. The molecule has 6 nitrogen and oxygen atoms in total. The van der Waals surface area contributed by atoms with Crippen LogP contribution in [0.1, 0.15) is 11.3 Å². The number of amides is 1. The fraction of sp³-hybridized carbons (Fsp3) is 0.167. The molecule has 2 heterocycles. The maximum atomic E-state index is 11.8. The molecule has 8 heteroatoms. The van der Waals surface area contributed by atoms with E-state index in [0.29, 0.717) is 21.5 Å². The van der Waals surface area contributed by atoms with Gasteiger partial charge in [-0.25, -0.2) is 9.97 Å². The van der Waals surface area contributed by atoms with E-state index in [1.54, 1.807) is 17.5 Å². The van der Waals surface area contributed by atoms with Crippen molar-refractivity contribution in [2.75, 3.05) is 16.8 Å². The van der Waals surface area contributed by atoms with Gasteiger partial charge in [0.25, 0.3) is 0 Å². The minimum absolute atomic E-state index is 0.158. The number of carbonyl (C=O) groups excluding carboxylic acids is 1. The predicted octanol–water partition coefficient (Wildman–Crippen LogP) is 2.03. The van der Waals surface area contributed by atoms with Crippen molar-refractivity contribution in [2.24, 2.45) is 0 Å². The number of aromatic nitrogens is 2. The summed E-state index contributed by atoms with van der Waals surface area (Å²) in [4.78, 5) is 20.0. The van der Waals surface area contributed by atoms with E-state index >= 15 is 0 Å². The van der Waals surface area contributed by atoms with E-state index in [9.17, 15) is 4.79 Å². The Morgan fingerprint density at radius 2 is 2.40 bits per heavy atom. The van der Waals surface area contributed by atoms with E-state index in [2.05, 4.69) is 15.3 Å². The monoisotopic (exact) mass is 305 g/mol. The summed E-state index contributed by atoms with van der Waals surface area (Å²) in [6, 6.07) is 5.34. The lowest BCUT2D eigenvalue weighted by molar-refractivity contribution is -0.113. The van der Waals surface area contributed by atoms with Crippen molar-refractivity contribution < 1.29 is 4.79 Å². The highest BCUT2D eigenvalue weighted by molar-refractivity contribution is 7.99. The molecule has 0 fully saturated rings. The molecule has 2 aromatic rings. The maximum Gasteiger partial charge on any atom is 0.235 e. The number of hydrogen-bond donors (Lipinski definition) is 2. The molecule has 0 aliphatic carbocycles. The number of nitrogens with one attached hydrogen (secondary N) is 1. The van der Waals surface area contributed by atoms with Crippen molar-refractivity contribution in [1.29, 1.82) is 5.26 Å². The van der Waals surface area contributed by atoms with Crippen LogP contribution in [0.25, 0.3) is 0 Å². The molecule has 1 amide bonds. The second-order valence-electron chi connectivity index (χ2n) is 3.83. The van der Waals surface area contributed by atoms with Crippen molar-refractivity contribution in [2.45, 2.75) is 12.1 Å². The number of nitrogens with two attached hydrogens (primary N) is 1. The number of nitrogen functional groups attached to an aromatic ring is 1. The second kappa shape index (κ2) is 6.36. The van der Waals surface area contributed by atoms with Crippen LogP contribution in [0.3, 0.4) is 0 Å². The number of thiophene rings is 1. The summed E-state index contributed by atoms with van der Waals surface area (Å²) in [6.45, 7) is 1.81. The van der Waals surface area contributed by atoms with Crippen LogP contribution in [-0.4, -0.2) is 21.6 Å². The van der Waals surface area contributed by atoms with Gasteiger partial charge in [0.15, 0.2) is 5.16 Å². The van der Waals surface area contributed by atoms with Gasteiger partial charge >= 0.3 is 0 Å². The van der Waals surface area contributed by atoms with Gasteiger partial charge in [-0.2, -0.15) is 5.26 Å². The van der Waals surface area contributed by atoms with Crippen LogP contribution in [0.15, 0.2) is 22.7 Å². The van der Waals surface area contributed by atoms with Gasteiger partial charge in [0, 0.05) is 11.8 Å². The summed E-state index contributed by atoms with van der Waals surface area (Å²) in [5.74, 6) is 0.328. The average molecular weight is 305 g/mol. The van der Waals surface area contributed by atoms with Gasteiger partial charge in [-0.05, 0) is 18.4 Å². The first-order chi connectivity index (χ1) is 9.58. The molecule has 3 N–H and O–H groups in total. The summed E-state index contributed by atoms with van der Waals surface area (Å²) in [5, 5.41) is 14.3. The molecule has 0 spiro atoms. The molecule has 0 saturated heterocycles. The number of aryl methyl sites for hydroxylation is 1. The molecule has 0 aliphatic rings. The number of nitriles is 1. The largest absolute Gasteiger partial charge is 0.384 e. The maximum absolute atomic E-state index is 11.8. The molecular weight excluding hydrogens is 294 g/mol. The third-order valence-electron chi connectivity index (χ3n) is 2.22. The molecule has 2 rings (SSSR count). The van der Waals surface area contributed by atoms with Crippen LogP contribution in [0, 0.1) is 18.3 Å². The number of thioether (sulfide) groups is 1. The van der Waals surface area contributed by atoms with Crippen LogP contribution in [0.4, 0.5) is 10.8 Å². The molecule has 0 aromatic carbocycles. The zero-order valence-corrected chi connectivity index (χ0v) is 12.2. The molecule has 0 aliphatic heterocycles. The van der Waals surface area contributed by atoms with Gasteiger partial charge in [-0.15, -0.1) is 11.3 Å². The zero-order valence-electron chi connectivity index (χ0n) is 10.6. The van der Waals surface area contributed by atoms with Crippen LogP contribution in [0.2, 0.25) is 0 Å². The fourth-order valence-electron chi connectivity index (χ4n) is 1.42. The Morgan fingerprint density at radius 3 is 3.10 bits per heavy atom. The van der Waals surface area contributed by atoms with Crippen molar-refractivity contribution >= 4 is 39.8 Å². The Hall–Kier alpha value is -2.11. The van der Waals surface area contributed by atoms with Gasteiger partial charge in [0.05, 0.1) is 11.3 Å². The van der Waals surface area contributed by atoms with Gasteiger partial charge in [-0.1, -0.05) is 11.8 Å². The van der Waals surface area contributed by atoms with Gasteiger partial charge in [0.2, 0.25) is 5.91 Å².